The van der Waals surface area contributed by atoms with Gasteiger partial charge in [-0.3, -0.25) is 9.69 Å². The topological polar surface area (TPSA) is 23.6 Å². The fourth-order valence-corrected chi connectivity index (χ4v) is 6.51. The molecule has 2 aliphatic rings. The summed E-state index contributed by atoms with van der Waals surface area (Å²) in [5.74, 6) is 2.62. The van der Waals surface area contributed by atoms with Crippen LogP contribution in [0.3, 0.4) is 0 Å². The largest absolute Gasteiger partial charge is 0.336 e. The average Bonchev–Trinajstić information content (AvgIpc) is 3.25. The number of hydrogen-bond donors (Lipinski definition) is 0. The van der Waals surface area contributed by atoms with Crippen LogP contribution in [0.25, 0.3) is 0 Å². The van der Waals surface area contributed by atoms with Crippen LogP contribution in [-0.4, -0.2) is 53.4 Å². The van der Waals surface area contributed by atoms with Crippen molar-refractivity contribution in [1.82, 2.24) is 9.80 Å². The maximum absolute atomic E-state index is 12.8. The van der Waals surface area contributed by atoms with E-state index in [-0.39, 0.29) is 5.91 Å². The fourth-order valence-electron chi connectivity index (χ4n) is 3.65. The monoisotopic (exact) mass is 398 g/mol. The van der Waals surface area contributed by atoms with Crippen LogP contribution in [0.4, 0.5) is 0 Å². The zero-order chi connectivity index (χ0) is 18.6. The van der Waals surface area contributed by atoms with Gasteiger partial charge in [0.1, 0.15) is 0 Å². The number of piperazine rings is 1. The number of benzene rings is 2. The normalized spacial score (nSPS) is 18.8. The minimum atomic E-state index is 0.170. The van der Waals surface area contributed by atoms with E-state index < -0.39 is 0 Å². The standard InChI is InChI=1S/C22H26N2OS2/c1-17-4-2-3-5-20(17)16-23-10-12-24(13-11-23)21(25)18-6-8-19(9-7-18)22-26-14-15-27-22/h2-9,22H,10-16H2,1H3. The zero-order valence-electron chi connectivity index (χ0n) is 15.8. The molecular formula is C22H26N2OS2. The van der Waals surface area contributed by atoms with Crippen molar-refractivity contribution in [2.75, 3.05) is 37.7 Å². The molecule has 142 valence electrons. The van der Waals surface area contributed by atoms with Crippen molar-refractivity contribution in [1.29, 1.82) is 0 Å². The Morgan fingerprint density at radius 1 is 0.963 bits per heavy atom. The van der Waals surface area contributed by atoms with Gasteiger partial charge in [-0.25, -0.2) is 0 Å². The van der Waals surface area contributed by atoms with Gasteiger partial charge in [0, 0.05) is 49.8 Å². The first-order valence-electron chi connectivity index (χ1n) is 9.60. The molecule has 2 saturated heterocycles. The van der Waals surface area contributed by atoms with Crippen molar-refractivity contribution in [2.45, 2.75) is 18.1 Å². The lowest BCUT2D eigenvalue weighted by atomic mass is 10.1. The summed E-state index contributed by atoms with van der Waals surface area (Å²) in [6.07, 6.45) is 0. The Labute approximate surface area is 170 Å². The zero-order valence-corrected chi connectivity index (χ0v) is 17.4. The molecule has 5 heteroatoms. The van der Waals surface area contributed by atoms with Crippen LogP contribution in [-0.2, 0) is 6.54 Å². The van der Waals surface area contributed by atoms with E-state index in [1.54, 1.807) is 0 Å². The van der Waals surface area contributed by atoms with Gasteiger partial charge in [-0.15, -0.1) is 23.5 Å². The summed E-state index contributed by atoms with van der Waals surface area (Å²) in [6.45, 7) is 6.63. The highest BCUT2D eigenvalue weighted by Crippen LogP contribution is 2.45. The Morgan fingerprint density at radius 3 is 2.30 bits per heavy atom. The predicted octanol–water partition coefficient (Wildman–Crippen LogP) is 4.43. The summed E-state index contributed by atoms with van der Waals surface area (Å²) in [7, 11) is 0. The van der Waals surface area contributed by atoms with Crippen LogP contribution in [0.2, 0.25) is 0 Å². The second kappa shape index (κ2) is 8.72. The minimum absolute atomic E-state index is 0.170. The Hall–Kier alpha value is -1.43. The van der Waals surface area contributed by atoms with Crippen LogP contribution in [0.5, 0.6) is 0 Å². The molecule has 0 N–H and O–H groups in total. The highest BCUT2D eigenvalue weighted by Gasteiger charge is 2.23. The third-order valence-corrected chi connectivity index (χ3v) is 8.47. The molecule has 0 radical (unpaired) electrons. The molecule has 4 rings (SSSR count). The fraction of sp³-hybridized carbons (Fsp3) is 0.409. The summed E-state index contributed by atoms with van der Waals surface area (Å²) in [5, 5.41) is 0. The summed E-state index contributed by atoms with van der Waals surface area (Å²) >= 11 is 4.00. The number of thioether (sulfide) groups is 2. The number of nitrogens with zero attached hydrogens (tertiary/aromatic N) is 2. The molecule has 2 fully saturated rings. The third-order valence-electron chi connectivity index (χ3n) is 5.37. The van der Waals surface area contributed by atoms with Gasteiger partial charge < -0.3 is 4.90 Å². The molecule has 2 aliphatic heterocycles. The van der Waals surface area contributed by atoms with Gasteiger partial charge in [0.25, 0.3) is 5.91 Å². The maximum Gasteiger partial charge on any atom is 0.253 e. The van der Waals surface area contributed by atoms with Gasteiger partial charge in [-0.05, 0) is 35.7 Å². The minimum Gasteiger partial charge on any atom is -0.336 e. The molecule has 0 saturated carbocycles. The third kappa shape index (κ3) is 4.53. The summed E-state index contributed by atoms with van der Waals surface area (Å²) in [4.78, 5) is 17.3. The lowest BCUT2D eigenvalue weighted by molar-refractivity contribution is 0.0628. The lowest BCUT2D eigenvalue weighted by Crippen LogP contribution is -2.48. The first-order chi connectivity index (χ1) is 13.2. The molecule has 0 spiro atoms. The average molecular weight is 399 g/mol. The van der Waals surface area contributed by atoms with Crippen molar-refractivity contribution >= 4 is 29.4 Å². The molecular weight excluding hydrogens is 372 g/mol. The molecule has 0 bridgehead atoms. The van der Waals surface area contributed by atoms with Crippen molar-refractivity contribution < 1.29 is 4.79 Å². The molecule has 0 aliphatic carbocycles. The van der Waals surface area contributed by atoms with Crippen LogP contribution < -0.4 is 0 Å². The van der Waals surface area contributed by atoms with E-state index in [9.17, 15) is 4.79 Å². The number of aryl methyl sites for hydroxylation is 1. The number of rotatable bonds is 4. The molecule has 27 heavy (non-hydrogen) atoms. The number of hydrogen-bond acceptors (Lipinski definition) is 4. The Morgan fingerprint density at radius 2 is 1.63 bits per heavy atom. The van der Waals surface area contributed by atoms with Gasteiger partial charge in [0.2, 0.25) is 0 Å². The van der Waals surface area contributed by atoms with Crippen LogP contribution in [0.1, 0.15) is 31.6 Å². The van der Waals surface area contributed by atoms with E-state index in [0.717, 1.165) is 38.3 Å². The molecule has 0 atom stereocenters. The quantitative estimate of drug-likeness (QED) is 0.760. The number of amides is 1. The van der Waals surface area contributed by atoms with Gasteiger partial charge in [-0.2, -0.15) is 0 Å². The number of carbonyl (C=O) groups excluding carboxylic acids is 1. The van der Waals surface area contributed by atoms with Gasteiger partial charge in [0.05, 0.1) is 4.58 Å². The first-order valence-corrected chi connectivity index (χ1v) is 11.7. The molecule has 2 aromatic rings. The van der Waals surface area contributed by atoms with Gasteiger partial charge in [-0.1, -0.05) is 36.4 Å². The van der Waals surface area contributed by atoms with E-state index in [0.29, 0.717) is 4.58 Å². The maximum atomic E-state index is 12.8. The Bertz CT molecular complexity index is 779. The van der Waals surface area contributed by atoms with Crippen LogP contribution >= 0.6 is 23.5 Å². The highest BCUT2D eigenvalue weighted by atomic mass is 32.2. The van der Waals surface area contributed by atoms with E-state index in [2.05, 4.69) is 48.2 Å². The summed E-state index contributed by atoms with van der Waals surface area (Å²) in [5.41, 5.74) is 4.88. The van der Waals surface area contributed by atoms with Crippen molar-refractivity contribution in [2.24, 2.45) is 0 Å². The molecule has 3 nitrogen and oxygen atoms in total. The van der Waals surface area contributed by atoms with E-state index in [4.69, 9.17) is 0 Å². The Balaban J connectivity index is 1.32. The summed E-state index contributed by atoms with van der Waals surface area (Å²) < 4.78 is 0.541. The second-order valence-corrected chi connectivity index (χ2v) is 9.91. The van der Waals surface area contributed by atoms with Crippen LogP contribution in [0.15, 0.2) is 48.5 Å². The first kappa shape index (κ1) is 18.9. The van der Waals surface area contributed by atoms with Gasteiger partial charge in [0.15, 0.2) is 0 Å². The van der Waals surface area contributed by atoms with Gasteiger partial charge >= 0.3 is 0 Å². The summed E-state index contributed by atoms with van der Waals surface area (Å²) in [6, 6.07) is 16.9. The molecule has 2 heterocycles. The van der Waals surface area contributed by atoms with Crippen molar-refractivity contribution in [3.05, 3.63) is 70.8 Å². The highest BCUT2D eigenvalue weighted by molar-refractivity contribution is 8.19. The van der Waals surface area contributed by atoms with E-state index in [1.807, 2.05) is 40.6 Å². The molecule has 2 aromatic carbocycles. The van der Waals surface area contributed by atoms with Crippen LogP contribution in [0, 0.1) is 6.92 Å². The molecule has 0 unspecified atom stereocenters. The van der Waals surface area contributed by atoms with E-state index in [1.165, 1.54) is 28.2 Å². The predicted molar refractivity (Wildman–Crippen MR) is 116 cm³/mol. The number of carbonyl (C=O) groups is 1. The Kier molecular flexibility index (Phi) is 6.11. The molecule has 1 amide bonds. The second-order valence-electron chi connectivity index (χ2n) is 7.19. The van der Waals surface area contributed by atoms with Crippen molar-refractivity contribution in [3.63, 3.8) is 0 Å². The van der Waals surface area contributed by atoms with Crippen molar-refractivity contribution in [3.8, 4) is 0 Å². The lowest BCUT2D eigenvalue weighted by Gasteiger charge is -2.35. The molecule has 0 aromatic heterocycles. The van der Waals surface area contributed by atoms with E-state index >= 15 is 0 Å². The SMILES string of the molecule is Cc1ccccc1CN1CCN(C(=O)c2ccc(C3SCCS3)cc2)CC1. The smallest absolute Gasteiger partial charge is 0.253 e.